The second-order valence-corrected chi connectivity index (χ2v) is 6.01. The highest BCUT2D eigenvalue weighted by atomic mass is 35.5. The summed E-state index contributed by atoms with van der Waals surface area (Å²) in [4.78, 5) is 0. The molecule has 128 valence electrons. The molecule has 0 amide bonds. The predicted molar refractivity (Wildman–Crippen MR) is 88.6 cm³/mol. The van der Waals surface area contributed by atoms with Gasteiger partial charge in [-0.25, -0.2) is 4.39 Å². The lowest BCUT2D eigenvalue weighted by molar-refractivity contribution is -0.139. The van der Waals surface area contributed by atoms with E-state index < -0.39 is 17.9 Å². The molecule has 2 rings (SSSR count). The molecule has 2 aromatic rings. The Balaban J connectivity index is 2.38. The minimum atomic E-state index is -4.54. The molecule has 24 heavy (non-hydrogen) atoms. The molecule has 0 radical (unpaired) electrons. The van der Waals surface area contributed by atoms with Crippen molar-refractivity contribution in [2.75, 3.05) is 0 Å². The first kappa shape index (κ1) is 18.8. The van der Waals surface area contributed by atoms with Gasteiger partial charge in [0, 0.05) is 22.2 Å². The van der Waals surface area contributed by atoms with E-state index in [1.54, 1.807) is 0 Å². The van der Waals surface area contributed by atoms with Gasteiger partial charge in [-0.15, -0.1) is 0 Å². The van der Waals surface area contributed by atoms with Gasteiger partial charge >= 0.3 is 6.18 Å². The molecule has 0 bridgehead atoms. The molecule has 2 aromatic carbocycles. The zero-order valence-electron chi connectivity index (χ0n) is 12.2. The Morgan fingerprint density at radius 1 is 1.04 bits per heavy atom. The van der Waals surface area contributed by atoms with Crippen LogP contribution in [0.15, 0.2) is 42.5 Å². The highest BCUT2D eigenvalue weighted by Gasteiger charge is 2.39. The van der Waals surface area contributed by atoms with Gasteiger partial charge in [0.15, 0.2) is 0 Å². The van der Waals surface area contributed by atoms with E-state index in [-0.39, 0.29) is 22.2 Å². The Kier molecular flexibility index (Phi) is 5.91. The number of alkyl halides is 3. The zero-order valence-corrected chi connectivity index (χ0v) is 13.8. The van der Waals surface area contributed by atoms with Crippen LogP contribution in [0, 0.1) is 5.82 Å². The highest BCUT2D eigenvalue weighted by Crippen LogP contribution is 2.38. The molecule has 7 heteroatoms. The Morgan fingerprint density at radius 2 is 1.67 bits per heavy atom. The predicted octanol–water partition coefficient (Wildman–Crippen LogP) is 5.95. The van der Waals surface area contributed by atoms with Crippen molar-refractivity contribution in [2.24, 2.45) is 5.73 Å². The fourth-order valence-electron chi connectivity index (χ4n) is 2.20. The van der Waals surface area contributed by atoms with Gasteiger partial charge in [0.25, 0.3) is 0 Å². The lowest BCUT2D eigenvalue weighted by Gasteiger charge is -2.18. The fraction of sp³-hybridized carbons (Fsp3) is 0.176. The van der Waals surface area contributed by atoms with Crippen LogP contribution < -0.4 is 5.73 Å². The molecule has 0 fully saturated rings. The quantitative estimate of drug-likeness (QED) is 0.654. The highest BCUT2D eigenvalue weighted by molar-refractivity contribution is 6.34. The van der Waals surface area contributed by atoms with E-state index in [9.17, 15) is 17.6 Å². The van der Waals surface area contributed by atoms with E-state index in [0.717, 1.165) is 12.1 Å². The molecule has 0 heterocycles. The molecular weight excluding hydrogens is 365 g/mol. The summed E-state index contributed by atoms with van der Waals surface area (Å²) in [6.07, 6.45) is -2.39. The van der Waals surface area contributed by atoms with Crippen LogP contribution in [-0.4, -0.2) is 6.18 Å². The number of allylic oxidation sites excluding steroid dienone is 1. The van der Waals surface area contributed by atoms with Gasteiger partial charge in [-0.1, -0.05) is 47.5 Å². The molecule has 0 aliphatic rings. The maximum Gasteiger partial charge on any atom is 0.399 e. The SMILES string of the molecule is NCc1ccc(C=CC(c2cc(Cl)cc(Cl)c2)C(F)(F)F)cc1F. The number of rotatable bonds is 4. The smallest absolute Gasteiger partial charge is 0.326 e. The molecule has 0 aromatic heterocycles. The number of hydrogen-bond acceptors (Lipinski definition) is 1. The average Bonchev–Trinajstić information content (AvgIpc) is 2.45. The third-order valence-corrected chi connectivity index (χ3v) is 3.81. The topological polar surface area (TPSA) is 26.0 Å². The third-order valence-electron chi connectivity index (χ3n) is 3.37. The van der Waals surface area contributed by atoms with Crippen LogP contribution in [-0.2, 0) is 6.54 Å². The normalized spacial score (nSPS) is 13.5. The number of nitrogens with two attached hydrogens (primary N) is 1. The van der Waals surface area contributed by atoms with Crippen LogP contribution >= 0.6 is 23.2 Å². The third kappa shape index (κ3) is 4.72. The van der Waals surface area contributed by atoms with Crippen molar-refractivity contribution >= 4 is 29.3 Å². The van der Waals surface area contributed by atoms with E-state index >= 15 is 0 Å². The first-order valence-electron chi connectivity index (χ1n) is 6.90. The van der Waals surface area contributed by atoms with Crippen molar-refractivity contribution in [3.8, 4) is 0 Å². The van der Waals surface area contributed by atoms with Gasteiger partial charge in [-0.05, 0) is 35.4 Å². The van der Waals surface area contributed by atoms with Crippen molar-refractivity contribution in [1.29, 1.82) is 0 Å². The number of halogens is 6. The molecule has 0 aliphatic heterocycles. The summed E-state index contributed by atoms with van der Waals surface area (Å²) in [6, 6.07) is 7.83. The van der Waals surface area contributed by atoms with E-state index in [0.29, 0.717) is 11.1 Å². The van der Waals surface area contributed by atoms with Crippen LogP contribution in [0.3, 0.4) is 0 Å². The second-order valence-electron chi connectivity index (χ2n) is 5.14. The molecular formula is C17H13Cl2F4N. The van der Waals surface area contributed by atoms with E-state index in [4.69, 9.17) is 28.9 Å². The van der Waals surface area contributed by atoms with Crippen LogP contribution in [0.1, 0.15) is 22.6 Å². The molecule has 0 saturated carbocycles. The minimum Gasteiger partial charge on any atom is -0.326 e. The summed E-state index contributed by atoms with van der Waals surface area (Å²) in [5, 5.41) is 0.219. The van der Waals surface area contributed by atoms with Crippen LogP contribution in [0.2, 0.25) is 10.0 Å². The first-order chi connectivity index (χ1) is 11.2. The molecule has 1 nitrogen and oxygen atoms in total. The van der Waals surface area contributed by atoms with Gasteiger partial charge in [0.2, 0.25) is 0 Å². The molecule has 1 atom stereocenters. The van der Waals surface area contributed by atoms with E-state index in [1.807, 2.05) is 0 Å². The summed E-state index contributed by atoms with van der Waals surface area (Å²) in [5.41, 5.74) is 5.86. The monoisotopic (exact) mass is 377 g/mol. The summed E-state index contributed by atoms with van der Waals surface area (Å²) in [7, 11) is 0. The van der Waals surface area contributed by atoms with Crippen molar-refractivity contribution in [3.63, 3.8) is 0 Å². The number of benzene rings is 2. The fourth-order valence-corrected chi connectivity index (χ4v) is 2.75. The number of hydrogen-bond donors (Lipinski definition) is 1. The molecule has 0 aliphatic carbocycles. The summed E-state index contributed by atoms with van der Waals surface area (Å²) in [6.45, 7) is 0.0159. The van der Waals surface area contributed by atoms with Crippen molar-refractivity contribution < 1.29 is 17.6 Å². The average molecular weight is 378 g/mol. The Hall–Kier alpha value is -1.56. The molecule has 0 spiro atoms. The minimum absolute atomic E-state index is 0.0159. The first-order valence-corrected chi connectivity index (χ1v) is 7.65. The van der Waals surface area contributed by atoms with Gasteiger partial charge < -0.3 is 5.73 Å². The van der Waals surface area contributed by atoms with Crippen molar-refractivity contribution in [2.45, 2.75) is 18.6 Å². The molecule has 0 saturated heterocycles. The summed E-state index contributed by atoms with van der Waals surface area (Å²) in [5.74, 6) is -2.47. The van der Waals surface area contributed by atoms with Crippen molar-refractivity contribution in [3.05, 3.63) is 75.0 Å². The van der Waals surface area contributed by atoms with E-state index in [2.05, 4.69) is 0 Å². The van der Waals surface area contributed by atoms with Gasteiger partial charge in [0.05, 0.1) is 5.92 Å². The van der Waals surface area contributed by atoms with Gasteiger partial charge in [-0.3, -0.25) is 0 Å². The second kappa shape index (κ2) is 7.55. The Morgan fingerprint density at radius 3 is 2.17 bits per heavy atom. The lowest BCUT2D eigenvalue weighted by atomic mass is 9.97. The summed E-state index contributed by atoms with van der Waals surface area (Å²) < 4.78 is 53.7. The maximum atomic E-state index is 13.7. The van der Waals surface area contributed by atoms with Crippen LogP contribution in [0.5, 0.6) is 0 Å². The lowest BCUT2D eigenvalue weighted by Crippen LogP contribution is -2.18. The Labute approximate surface area is 146 Å². The largest absolute Gasteiger partial charge is 0.399 e. The van der Waals surface area contributed by atoms with E-state index in [1.165, 1.54) is 36.4 Å². The van der Waals surface area contributed by atoms with Gasteiger partial charge in [0.1, 0.15) is 5.82 Å². The summed E-state index contributed by atoms with van der Waals surface area (Å²) >= 11 is 11.6. The molecule has 1 unspecified atom stereocenters. The van der Waals surface area contributed by atoms with Crippen LogP contribution in [0.25, 0.3) is 6.08 Å². The standard InChI is InChI=1S/C17H13Cl2F4N/c18-13-6-12(7-14(19)8-13)15(17(21,22)23)4-2-10-1-3-11(9-24)16(20)5-10/h1-8,15H,9,24H2. The van der Waals surface area contributed by atoms with Crippen LogP contribution in [0.4, 0.5) is 17.6 Å². The maximum absolute atomic E-state index is 13.7. The molecule has 2 N–H and O–H groups in total. The zero-order chi connectivity index (χ0) is 17.9. The van der Waals surface area contributed by atoms with Crippen molar-refractivity contribution in [1.82, 2.24) is 0 Å². The Bertz CT molecular complexity index is 736. The van der Waals surface area contributed by atoms with Gasteiger partial charge in [-0.2, -0.15) is 13.2 Å².